The zero-order valence-corrected chi connectivity index (χ0v) is 17.3. The number of aromatic nitrogens is 1. The monoisotopic (exact) mass is 411 g/mol. The smallest absolute Gasteiger partial charge is 0.266 e. The molecule has 1 aromatic heterocycles. The highest BCUT2D eigenvalue weighted by Gasteiger charge is 2.36. The molecule has 0 saturated carbocycles. The highest BCUT2D eigenvalue weighted by molar-refractivity contribution is 7.11. The molecule has 1 fully saturated rings. The number of carbonyl (C=O) groups is 2. The number of hydrogen-bond acceptors (Lipinski definition) is 5. The van der Waals surface area contributed by atoms with Gasteiger partial charge >= 0.3 is 0 Å². The van der Waals surface area contributed by atoms with Gasteiger partial charge in [-0.2, -0.15) is 0 Å². The van der Waals surface area contributed by atoms with E-state index in [1.165, 1.54) is 11.3 Å². The molecule has 29 heavy (non-hydrogen) atoms. The average Bonchev–Trinajstić information content (AvgIpc) is 3.16. The molecule has 7 heteroatoms. The number of hydrogen-bond donors (Lipinski definition) is 1. The third-order valence-corrected chi connectivity index (χ3v) is 6.43. The van der Waals surface area contributed by atoms with Gasteiger partial charge in [-0.3, -0.25) is 9.59 Å². The zero-order valence-electron chi connectivity index (χ0n) is 16.5. The third kappa shape index (κ3) is 4.19. The number of aryl methyl sites for hydroxylation is 1. The van der Waals surface area contributed by atoms with Crippen molar-refractivity contribution < 1.29 is 14.3 Å². The molecule has 152 valence electrons. The molecule has 1 saturated heterocycles. The quantitative estimate of drug-likeness (QED) is 0.728. The molecular formula is C22H25N3O3S. The van der Waals surface area contributed by atoms with Crippen LogP contribution in [0.25, 0.3) is 0 Å². The molecular weight excluding hydrogens is 386 g/mol. The van der Waals surface area contributed by atoms with E-state index in [9.17, 15) is 9.59 Å². The minimum Gasteiger partial charge on any atom is -0.492 e. The van der Waals surface area contributed by atoms with Gasteiger partial charge in [0.1, 0.15) is 10.6 Å². The summed E-state index contributed by atoms with van der Waals surface area (Å²) >= 11 is 1.38. The van der Waals surface area contributed by atoms with Gasteiger partial charge in [-0.15, -0.1) is 11.3 Å². The number of ether oxygens (including phenoxy) is 1. The standard InChI is InChI=1S/C22H25N3O3S/c1-15-20(29-14-23-15)22(27)25-12-7-9-17-18(25)10-3-2-6-13-28-19-11-5-4-8-16(19)21(26)24-17/h2-5,8,11,14,17-18H,6-7,9-10,12-13H2,1H3,(H,24,26)/b3-2+/t17-,18-/m0/s1. The van der Waals surface area contributed by atoms with E-state index >= 15 is 0 Å². The van der Waals surface area contributed by atoms with Crippen molar-refractivity contribution in [2.75, 3.05) is 13.2 Å². The molecule has 2 aromatic rings. The van der Waals surface area contributed by atoms with Crippen molar-refractivity contribution in [3.63, 3.8) is 0 Å². The van der Waals surface area contributed by atoms with Gasteiger partial charge in [0.15, 0.2) is 0 Å². The van der Waals surface area contributed by atoms with Crippen molar-refractivity contribution in [2.45, 2.75) is 44.7 Å². The van der Waals surface area contributed by atoms with Crippen molar-refractivity contribution in [1.29, 1.82) is 0 Å². The Bertz CT molecular complexity index is 924. The van der Waals surface area contributed by atoms with Crippen LogP contribution in [0.4, 0.5) is 0 Å². The summed E-state index contributed by atoms with van der Waals surface area (Å²) in [7, 11) is 0. The number of carbonyl (C=O) groups excluding carboxylic acids is 2. The molecule has 2 aliphatic rings. The number of piperidine rings is 1. The number of fused-ring (bicyclic) bond motifs is 2. The van der Waals surface area contributed by atoms with Gasteiger partial charge in [-0.05, 0) is 44.7 Å². The lowest BCUT2D eigenvalue weighted by Crippen LogP contribution is -2.57. The van der Waals surface area contributed by atoms with E-state index in [-0.39, 0.29) is 23.9 Å². The van der Waals surface area contributed by atoms with Crippen LogP contribution in [0.2, 0.25) is 0 Å². The molecule has 3 heterocycles. The predicted molar refractivity (Wildman–Crippen MR) is 112 cm³/mol. The average molecular weight is 412 g/mol. The van der Waals surface area contributed by atoms with Crippen molar-refractivity contribution >= 4 is 23.2 Å². The number of nitrogens with one attached hydrogen (secondary N) is 1. The lowest BCUT2D eigenvalue weighted by Gasteiger charge is -2.41. The molecule has 0 unspecified atom stereocenters. The number of rotatable bonds is 1. The Hall–Kier alpha value is -2.67. The normalized spacial score (nSPS) is 23.5. The van der Waals surface area contributed by atoms with Gasteiger partial charge in [0, 0.05) is 12.6 Å². The Balaban J connectivity index is 1.63. The van der Waals surface area contributed by atoms with Crippen LogP contribution in [0.15, 0.2) is 41.9 Å². The van der Waals surface area contributed by atoms with Crippen molar-refractivity contribution in [2.24, 2.45) is 0 Å². The Morgan fingerprint density at radius 1 is 1.31 bits per heavy atom. The van der Waals surface area contributed by atoms with Crippen molar-refractivity contribution in [1.82, 2.24) is 15.2 Å². The van der Waals surface area contributed by atoms with Crippen LogP contribution in [0.3, 0.4) is 0 Å². The number of nitrogens with zero attached hydrogens (tertiary/aromatic N) is 2. The van der Waals surface area contributed by atoms with Crippen LogP contribution in [0, 0.1) is 6.92 Å². The maximum absolute atomic E-state index is 13.2. The molecule has 2 atom stereocenters. The van der Waals surface area contributed by atoms with Crippen LogP contribution in [-0.4, -0.2) is 46.9 Å². The first-order valence-corrected chi connectivity index (χ1v) is 10.9. The second-order valence-electron chi connectivity index (χ2n) is 7.40. The predicted octanol–water partition coefficient (Wildman–Crippen LogP) is 3.58. The molecule has 6 nitrogen and oxygen atoms in total. The zero-order chi connectivity index (χ0) is 20.2. The Morgan fingerprint density at radius 3 is 3.00 bits per heavy atom. The summed E-state index contributed by atoms with van der Waals surface area (Å²) in [5.41, 5.74) is 3.02. The van der Waals surface area contributed by atoms with E-state index in [2.05, 4.69) is 22.5 Å². The minimum absolute atomic E-state index is 0.0122. The maximum Gasteiger partial charge on any atom is 0.266 e. The topological polar surface area (TPSA) is 71.5 Å². The van der Waals surface area contributed by atoms with Crippen LogP contribution in [0.1, 0.15) is 51.4 Å². The number of likely N-dealkylation sites (tertiary alicyclic amines) is 1. The summed E-state index contributed by atoms with van der Waals surface area (Å²) in [5, 5.41) is 3.18. The fourth-order valence-electron chi connectivity index (χ4n) is 4.02. The fourth-order valence-corrected chi connectivity index (χ4v) is 4.78. The fraction of sp³-hybridized carbons (Fsp3) is 0.409. The number of para-hydroxylation sites is 1. The maximum atomic E-state index is 13.2. The molecule has 2 aliphatic heterocycles. The Morgan fingerprint density at radius 2 is 2.17 bits per heavy atom. The highest BCUT2D eigenvalue weighted by Crippen LogP contribution is 2.27. The molecule has 0 aliphatic carbocycles. The molecule has 2 amide bonds. The summed E-state index contributed by atoms with van der Waals surface area (Å²) in [6, 6.07) is 7.14. The molecule has 1 aromatic carbocycles. The number of benzene rings is 1. The van der Waals surface area contributed by atoms with Crippen LogP contribution < -0.4 is 10.1 Å². The van der Waals surface area contributed by atoms with Gasteiger partial charge < -0.3 is 15.0 Å². The second-order valence-corrected chi connectivity index (χ2v) is 8.25. The summed E-state index contributed by atoms with van der Waals surface area (Å²) in [5.74, 6) is 0.459. The largest absolute Gasteiger partial charge is 0.492 e. The number of thiazole rings is 1. The van der Waals surface area contributed by atoms with Gasteiger partial charge in [-0.1, -0.05) is 24.3 Å². The van der Waals surface area contributed by atoms with E-state index in [1.807, 2.05) is 30.0 Å². The minimum atomic E-state index is -0.150. The highest BCUT2D eigenvalue weighted by atomic mass is 32.1. The lowest BCUT2D eigenvalue weighted by atomic mass is 9.92. The summed E-state index contributed by atoms with van der Waals surface area (Å²) in [4.78, 5) is 33.1. The summed E-state index contributed by atoms with van der Waals surface area (Å²) in [6.45, 7) is 3.07. The van der Waals surface area contributed by atoms with Crippen LogP contribution >= 0.6 is 11.3 Å². The first-order chi connectivity index (χ1) is 14.1. The second kappa shape index (κ2) is 8.78. The van der Waals surface area contributed by atoms with Gasteiger partial charge in [0.05, 0.1) is 29.4 Å². The van der Waals surface area contributed by atoms with Gasteiger partial charge in [0.25, 0.3) is 11.8 Å². The summed E-state index contributed by atoms with van der Waals surface area (Å²) in [6.07, 6.45) is 7.36. The third-order valence-electron chi connectivity index (χ3n) is 5.51. The van der Waals surface area contributed by atoms with Gasteiger partial charge in [0.2, 0.25) is 0 Å². The van der Waals surface area contributed by atoms with E-state index in [0.717, 1.165) is 25.0 Å². The molecule has 0 spiro atoms. The van der Waals surface area contributed by atoms with Crippen LogP contribution in [0.5, 0.6) is 5.75 Å². The first-order valence-electron chi connectivity index (χ1n) is 10.0. The van der Waals surface area contributed by atoms with E-state index in [4.69, 9.17) is 4.74 Å². The molecule has 0 bridgehead atoms. The van der Waals surface area contributed by atoms with Crippen LogP contribution in [-0.2, 0) is 0 Å². The molecule has 0 radical (unpaired) electrons. The van der Waals surface area contributed by atoms with E-state index < -0.39 is 0 Å². The Kier molecular flexibility index (Phi) is 5.94. The summed E-state index contributed by atoms with van der Waals surface area (Å²) < 4.78 is 5.81. The van der Waals surface area contributed by atoms with E-state index in [1.54, 1.807) is 11.6 Å². The van der Waals surface area contributed by atoms with Crippen molar-refractivity contribution in [3.05, 3.63) is 58.1 Å². The van der Waals surface area contributed by atoms with Crippen molar-refractivity contribution in [3.8, 4) is 5.75 Å². The Labute approximate surface area is 174 Å². The van der Waals surface area contributed by atoms with E-state index in [0.29, 0.717) is 35.8 Å². The number of amides is 2. The lowest BCUT2D eigenvalue weighted by molar-refractivity contribution is 0.0534. The first kappa shape index (κ1) is 19.6. The van der Waals surface area contributed by atoms with Gasteiger partial charge in [-0.25, -0.2) is 4.98 Å². The molecule has 4 rings (SSSR count). The SMILES string of the molecule is Cc1ncsc1C(=O)N1CCC[C@@H]2NC(=O)c3ccccc3OCC/C=C/C[C@@H]21. The molecule has 1 N–H and O–H groups in total.